The third kappa shape index (κ3) is 5.25. The lowest BCUT2D eigenvalue weighted by atomic mass is 9.79. The van der Waals surface area contributed by atoms with Crippen molar-refractivity contribution < 1.29 is 23.1 Å². The number of thioether (sulfide) groups is 1. The second-order valence-electron chi connectivity index (χ2n) is 8.31. The number of nitrogens with zero attached hydrogens (tertiary/aromatic N) is 1. The molecule has 1 saturated heterocycles. The first kappa shape index (κ1) is 25.4. The summed E-state index contributed by atoms with van der Waals surface area (Å²) in [5, 5.41) is 6.26. The smallest absolute Gasteiger partial charge is 0.263 e. The number of nitrogens with one attached hydrogen (secondary N) is 1. The van der Waals surface area contributed by atoms with Crippen molar-refractivity contribution in [1.29, 1.82) is 0 Å². The quantitative estimate of drug-likeness (QED) is 0.248. The van der Waals surface area contributed by atoms with E-state index in [2.05, 4.69) is 10.3 Å². The van der Waals surface area contributed by atoms with Gasteiger partial charge in [-0.3, -0.25) is 9.59 Å². The molecule has 0 spiro atoms. The monoisotopic (exact) mass is 556 g/mol. The number of benzene rings is 2. The maximum Gasteiger partial charge on any atom is 0.263 e. The minimum atomic E-state index is -2.63. The fraction of sp³-hybridized carbons (Fsp3) is 0.148. The normalized spacial score (nSPS) is 19.6. The Morgan fingerprint density at radius 1 is 1.08 bits per heavy atom. The van der Waals surface area contributed by atoms with Crippen LogP contribution in [0, 0.1) is 0 Å². The predicted molar refractivity (Wildman–Crippen MR) is 140 cm³/mol. The van der Waals surface area contributed by atoms with Gasteiger partial charge in [0.2, 0.25) is 11.8 Å². The van der Waals surface area contributed by atoms with E-state index in [1.54, 1.807) is 48.5 Å². The lowest BCUT2D eigenvalue weighted by Gasteiger charge is -2.39. The molecule has 2 unspecified atom stereocenters. The van der Waals surface area contributed by atoms with E-state index in [4.69, 9.17) is 16.3 Å². The zero-order chi connectivity index (χ0) is 26.0. The summed E-state index contributed by atoms with van der Waals surface area (Å²) in [6.45, 7) is 0. The van der Waals surface area contributed by atoms with Crippen molar-refractivity contribution in [1.82, 2.24) is 10.3 Å². The zero-order valence-electron chi connectivity index (χ0n) is 19.1. The molecule has 1 aliphatic rings. The van der Waals surface area contributed by atoms with Gasteiger partial charge in [-0.25, -0.2) is 13.8 Å². The molecular weight excluding hydrogens is 538 g/mol. The molecule has 0 bridgehead atoms. The average Bonchev–Trinajstić information content (AvgIpc) is 3.43. The van der Waals surface area contributed by atoms with Crippen molar-refractivity contribution in [3.05, 3.63) is 105 Å². The highest BCUT2D eigenvalue weighted by Crippen LogP contribution is 2.41. The van der Waals surface area contributed by atoms with Crippen molar-refractivity contribution in [2.24, 2.45) is 0 Å². The Bertz CT molecular complexity index is 1430. The first-order valence-electron chi connectivity index (χ1n) is 11.2. The highest BCUT2D eigenvalue weighted by Gasteiger charge is 2.48. The molecule has 37 heavy (non-hydrogen) atoms. The number of amides is 1. The molecule has 3 heterocycles. The van der Waals surface area contributed by atoms with Crippen LogP contribution in [0.25, 0.3) is 0 Å². The molecule has 1 aliphatic heterocycles. The molecule has 1 amide bonds. The van der Waals surface area contributed by atoms with E-state index in [-0.39, 0.29) is 29.4 Å². The Kier molecular flexibility index (Phi) is 7.28. The molecule has 1 N–H and O–H groups in total. The van der Waals surface area contributed by atoms with Crippen molar-refractivity contribution in [2.45, 2.75) is 28.5 Å². The van der Waals surface area contributed by atoms with Crippen molar-refractivity contribution in [3.8, 4) is 11.6 Å². The summed E-state index contributed by atoms with van der Waals surface area (Å²) in [4.78, 5) is 32.0. The Morgan fingerprint density at radius 2 is 1.89 bits per heavy atom. The van der Waals surface area contributed by atoms with Crippen LogP contribution < -0.4 is 10.1 Å². The number of ketones is 1. The van der Waals surface area contributed by atoms with Gasteiger partial charge in [-0.05, 0) is 52.7 Å². The van der Waals surface area contributed by atoms with Gasteiger partial charge >= 0.3 is 0 Å². The van der Waals surface area contributed by atoms with Gasteiger partial charge in [0.05, 0.1) is 10.7 Å². The number of aromatic nitrogens is 1. The summed E-state index contributed by atoms with van der Waals surface area (Å²) in [5.74, 6) is -0.373. The van der Waals surface area contributed by atoms with Crippen LogP contribution in [-0.4, -0.2) is 21.9 Å². The van der Waals surface area contributed by atoms with Crippen molar-refractivity contribution in [2.75, 3.05) is 0 Å². The number of hydrogen-bond donors (Lipinski definition) is 1. The van der Waals surface area contributed by atoms with Gasteiger partial charge in [-0.15, -0.1) is 11.8 Å². The standard InChI is InChI=1S/C27H19ClF2N2O3S2/c28-19-7-1-2-8-21(19)37-24-20(33)14-27(32-26(24)34,17-11-12-36-15-17)22-9-4-10-23(31-22)35-18-6-3-5-16(13-18)25(29)30/h1-13,15,24-25H,14H2,(H,32,34). The number of ether oxygens (including phenoxy) is 1. The minimum absolute atomic E-state index is 0.0328. The molecule has 2 aromatic heterocycles. The highest BCUT2D eigenvalue weighted by atomic mass is 35.5. The van der Waals surface area contributed by atoms with Crippen molar-refractivity contribution >= 4 is 46.4 Å². The van der Waals surface area contributed by atoms with Crippen LogP contribution in [-0.2, 0) is 15.1 Å². The number of thiophene rings is 1. The van der Waals surface area contributed by atoms with Gasteiger partial charge in [0.15, 0.2) is 5.78 Å². The Hall–Kier alpha value is -3.27. The van der Waals surface area contributed by atoms with Crippen LogP contribution in [0.15, 0.2) is 88.5 Å². The molecule has 4 aromatic rings. The molecule has 2 atom stereocenters. The fourth-order valence-corrected chi connectivity index (χ4v) is 6.11. The average molecular weight is 557 g/mol. The second kappa shape index (κ2) is 10.6. The van der Waals surface area contributed by atoms with E-state index in [1.807, 2.05) is 16.8 Å². The number of alkyl halides is 2. The summed E-state index contributed by atoms with van der Waals surface area (Å²) in [6.07, 6.45) is -2.67. The predicted octanol–water partition coefficient (Wildman–Crippen LogP) is 7.02. The Labute approximate surface area is 224 Å². The fourth-order valence-electron chi connectivity index (χ4n) is 4.13. The minimum Gasteiger partial charge on any atom is -0.439 e. The summed E-state index contributed by atoms with van der Waals surface area (Å²) in [5.41, 5.74) is -0.271. The third-order valence-electron chi connectivity index (χ3n) is 5.90. The van der Waals surface area contributed by atoms with Crippen LogP contribution in [0.4, 0.5) is 8.78 Å². The van der Waals surface area contributed by atoms with Gasteiger partial charge in [0.25, 0.3) is 6.43 Å². The number of carbonyl (C=O) groups is 2. The van der Waals surface area contributed by atoms with Gasteiger partial charge in [-0.2, -0.15) is 11.3 Å². The molecular formula is C27H19ClF2N2O3S2. The van der Waals surface area contributed by atoms with Crippen LogP contribution in [0.3, 0.4) is 0 Å². The first-order chi connectivity index (χ1) is 17.9. The first-order valence-corrected chi connectivity index (χ1v) is 13.4. The van der Waals surface area contributed by atoms with Gasteiger partial charge < -0.3 is 10.1 Å². The van der Waals surface area contributed by atoms with Crippen LogP contribution in [0.5, 0.6) is 11.6 Å². The van der Waals surface area contributed by atoms with E-state index in [0.717, 1.165) is 11.8 Å². The molecule has 1 fully saturated rings. The summed E-state index contributed by atoms with van der Waals surface area (Å²) in [6, 6.07) is 19.4. The summed E-state index contributed by atoms with van der Waals surface area (Å²) in [7, 11) is 0. The lowest BCUT2D eigenvalue weighted by molar-refractivity contribution is -0.133. The van der Waals surface area contributed by atoms with E-state index in [0.29, 0.717) is 21.2 Å². The molecule has 2 aromatic carbocycles. The molecule has 0 aliphatic carbocycles. The molecule has 0 radical (unpaired) electrons. The number of Topliss-reactive ketones (excluding diaryl/α,β-unsaturated/α-hetero) is 1. The number of carbonyl (C=O) groups excluding carboxylic acids is 2. The van der Waals surface area contributed by atoms with E-state index in [1.165, 1.54) is 29.5 Å². The largest absolute Gasteiger partial charge is 0.439 e. The summed E-state index contributed by atoms with van der Waals surface area (Å²) < 4.78 is 32.0. The lowest BCUT2D eigenvalue weighted by Crippen LogP contribution is -2.58. The van der Waals surface area contributed by atoms with Crippen LogP contribution >= 0.6 is 34.7 Å². The van der Waals surface area contributed by atoms with Gasteiger partial charge in [0, 0.05) is 22.9 Å². The third-order valence-corrected chi connectivity index (χ3v) is 8.34. The molecule has 5 nitrogen and oxygen atoms in total. The van der Waals surface area contributed by atoms with Crippen molar-refractivity contribution in [3.63, 3.8) is 0 Å². The Balaban J connectivity index is 1.47. The van der Waals surface area contributed by atoms with Gasteiger partial charge in [-0.1, -0.05) is 41.9 Å². The molecule has 188 valence electrons. The maximum atomic E-state index is 13.4. The topological polar surface area (TPSA) is 68.3 Å². The SMILES string of the molecule is O=C1CC(c2ccsc2)(c2cccc(Oc3cccc(C(F)F)c3)n2)NC(=O)C1Sc1ccccc1Cl. The number of piperidine rings is 1. The number of hydrogen-bond acceptors (Lipinski definition) is 6. The van der Waals surface area contributed by atoms with Crippen LogP contribution in [0.1, 0.15) is 29.7 Å². The van der Waals surface area contributed by atoms with E-state index in [9.17, 15) is 18.4 Å². The molecule has 5 rings (SSSR count). The Morgan fingerprint density at radius 3 is 2.62 bits per heavy atom. The van der Waals surface area contributed by atoms with Gasteiger partial charge in [0.1, 0.15) is 16.5 Å². The molecule has 0 saturated carbocycles. The maximum absolute atomic E-state index is 13.4. The van der Waals surface area contributed by atoms with E-state index >= 15 is 0 Å². The highest BCUT2D eigenvalue weighted by molar-refractivity contribution is 8.01. The van der Waals surface area contributed by atoms with E-state index < -0.39 is 23.1 Å². The zero-order valence-corrected chi connectivity index (χ0v) is 21.5. The molecule has 10 heteroatoms. The number of pyridine rings is 1. The van der Waals surface area contributed by atoms with Crippen LogP contribution in [0.2, 0.25) is 5.02 Å². The summed E-state index contributed by atoms with van der Waals surface area (Å²) >= 11 is 8.80. The second-order valence-corrected chi connectivity index (χ2v) is 10.6. The number of rotatable bonds is 7. The number of halogens is 3.